The Labute approximate surface area is 181 Å². The third-order valence-electron chi connectivity index (χ3n) is 7.19. The van der Waals surface area contributed by atoms with Crippen LogP contribution in [0.1, 0.15) is 54.7 Å². The maximum absolute atomic E-state index is 12.4. The molecule has 0 amide bonds. The number of hydrogen-bond donors (Lipinski definition) is 0. The number of allylic oxidation sites excluding steroid dienone is 4. The van der Waals surface area contributed by atoms with Crippen LogP contribution in [0.15, 0.2) is 41.3 Å². The number of sulfone groups is 1. The molecule has 1 aromatic carbocycles. The molecule has 1 saturated carbocycles. The lowest BCUT2D eigenvalue weighted by atomic mass is 9.77. The van der Waals surface area contributed by atoms with Crippen molar-refractivity contribution in [2.75, 3.05) is 19.5 Å². The van der Waals surface area contributed by atoms with Gasteiger partial charge in [-0.1, -0.05) is 30.4 Å². The first kappa shape index (κ1) is 21.8. The molecule has 5 heteroatoms. The van der Waals surface area contributed by atoms with Gasteiger partial charge in [-0.25, -0.2) is 8.42 Å². The zero-order chi connectivity index (χ0) is 21.3. The first-order valence-electron chi connectivity index (χ1n) is 11.2. The van der Waals surface area contributed by atoms with Crippen LogP contribution in [-0.2, 0) is 19.3 Å². The molecule has 4 nitrogen and oxygen atoms in total. The summed E-state index contributed by atoms with van der Waals surface area (Å²) in [6.07, 6.45) is 15.0. The van der Waals surface area contributed by atoms with Gasteiger partial charge in [-0.15, -0.1) is 0 Å². The van der Waals surface area contributed by atoms with Gasteiger partial charge in [-0.3, -0.25) is 0 Å². The summed E-state index contributed by atoms with van der Waals surface area (Å²) < 4.78 is 37.1. The molecule has 2 aliphatic carbocycles. The van der Waals surface area contributed by atoms with E-state index in [2.05, 4.69) is 37.3 Å². The van der Waals surface area contributed by atoms with Crippen molar-refractivity contribution >= 4 is 9.84 Å². The van der Waals surface area contributed by atoms with Gasteiger partial charge in [0.15, 0.2) is 16.1 Å². The molecule has 1 unspecified atom stereocenters. The molecule has 2 fully saturated rings. The monoisotopic (exact) mass is 430 g/mol. The number of rotatable bonds is 4. The Morgan fingerprint density at radius 2 is 1.57 bits per heavy atom. The van der Waals surface area contributed by atoms with Crippen molar-refractivity contribution < 1.29 is 17.9 Å². The molecule has 1 aliphatic heterocycles. The highest BCUT2D eigenvalue weighted by Crippen LogP contribution is 2.42. The zero-order valence-corrected chi connectivity index (χ0v) is 19.2. The van der Waals surface area contributed by atoms with Crippen molar-refractivity contribution in [3.8, 4) is 0 Å². The molecule has 0 bridgehead atoms. The highest BCUT2D eigenvalue weighted by molar-refractivity contribution is 7.90. The van der Waals surface area contributed by atoms with E-state index in [0.717, 1.165) is 62.0 Å². The van der Waals surface area contributed by atoms with Crippen LogP contribution in [0.5, 0.6) is 0 Å². The van der Waals surface area contributed by atoms with Crippen molar-refractivity contribution in [3.63, 3.8) is 0 Å². The van der Waals surface area contributed by atoms with Crippen molar-refractivity contribution in [1.82, 2.24) is 0 Å². The van der Waals surface area contributed by atoms with Gasteiger partial charge in [-0.05, 0) is 80.5 Å². The van der Waals surface area contributed by atoms with E-state index in [9.17, 15) is 8.42 Å². The van der Waals surface area contributed by atoms with Gasteiger partial charge in [0.1, 0.15) is 0 Å². The number of ether oxygens (including phenoxy) is 2. The third kappa shape index (κ3) is 4.74. The summed E-state index contributed by atoms with van der Waals surface area (Å²) in [7, 11) is -3.23. The second-order valence-electron chi connectivity index (χ2n) is 9.37. The Kier molecular flexibility index (Phi) is 6.52. The van der Waals surface area contributed by atoms with Crippen LogP contribution in [0, 0.1) is 31.6 Å². The van der Waals surface area contributed by atoms with E-state index in [-0.39, 0.29) is 6.29 Å². The minimum atomic E-state index is -3.23. The summed E-state index contributed by atoms with van der Waals surface area (Å²) >= 11 is 0. The van der Waals surface area contributed by atoms with Gasteiger partial charge >= 0.3 is 0 Å². The first-order chi connectivity index (χ1) is 14.3. The smallest absolute Gasteiger partial charge is 0.175 e. The lowest BCUT2D eigenvalue weighted by Gasteiger charge is -2.39. The number of hydrogen-bond acceptors (Lipinski definition) is 4. The highest BCUT2D eigenvalue weighted by Gasteiger charge is 2.35. The molecular formula is C25H34O4S. The van der Waals surface area contributed by atoms with Crippen LogP contribution < -0.4 is 0 Å². The Balaban J connectivity index is 1.36. The van der Waals surface area contributed by atoms with Gasteiger partial charge in [0.05, 0.1) is 18.1 Å². The van der Waals surface area contributed by atoms with Gasteiger partial charge < -0.3 is 9.47 Å². The maximum Gasteiger partial charge on any atom is 0.175 e. The van der Waals surface area contributed by atoms with Crippen molar-refractivity contribution in [3.05, 3.63) is 53.1 Å². The fraction of sp³-hybridized carbons (Fsp3) is 0.600. The minimum absolute atomic E-state index is 0.112. The van der Waals surface area contributed by atoms with Crippen LogP contribution in [-0.4, -0.2) is 34.2 Å². The SMILES string of the molecule is Cc1cc(C2CCC(C3OCC(C4C=CC=CC4)CO3)CC2)c(S(C)(=O)=O)cc1C. The van der Waals surface area contributed by atoms with Gasteiger partial charge in [0, 0.05) is 18.1 Å². The second-order valence-corrected chi connectivity index (χ2v) is 11.4. The molecule has 0 N–H and O–H groups in total. The maximum atomic E-state index is 12.4. The normalized spacial score (nSPS) is 32.3. The van der Waals surface area contributed by atoms with Crippen LogP contribution in [0.25, 0.3) is 0 Å². The molecule has 1 saturated heterocycles. The quantitative estimate of drug-likeness (QED) is 0.667. The van der Waals surface area contributed by atoms with E-state index in [4.69, 9.17) is 9.47 Å². The topological polar surface area (TPSA) is 52.6 Å². The molecule has 0 radical (unpaired) electrons. The second kappa shape index (κ2) is 8.97. The van der Waals surface area contributed by atoms with E-state index in [1.54, 1.807) is 0 Å². The zero-order valence-electron chi connectivity index (χ0n) is 18.3. The van der Waals surface area contributed by atoms with Gasteiger partial charge in [0.25, 0.3) is 0 Å². The van der Waals surface area contributed by atoms with E-state index >= 15 is 0 Å². The average Bonchev–Trinajstić information content (AvgIpc) is 2.75. The van der Waals surface area contributed by atoms with Crippen LogP contribution in [0.2, 0.25) is 0 Å². The lowest BCUT2D eigenvalue weighted by molar-refractivity contribution is -0.233. The molecule has 3 aliphatic rings. The summed E-state index contributed by atoms with van der Waals surface area (Å²) in [6, 6.07) is 3.95. The van der Waals surface area contributed by atoms with Gasteiger partial charge in [-0.2, -0.15) is 0 Å². The largest absolute Gasteiger partial charge is 0.352 e. The summed E-state index contributed by atoms with van der Waals surface area (Å²) in [4.78, 5) is 0.511. The predicted octanol–water partition coefficient (Wildman–Crippen LogP) is 5.10. The Hall–Kier alpha value is -1.43. The first-order valence-corrected chi connectivity index (χ1v) is 13.1. The third-order valence-corrected chi connectivity index (χ3v) is 8.34. The molecule has 1 atom stereocenters. The lowest BCUT2D eigenvalue weighted by Crippen LogP contribution is -2.40. The summed E-state index contributed by atoms with van der Waals surface area (Å²) in [5.41, 5.74) is 3.20. The predicted molar refractivity (Wildman–Crippen MR) is 119 cm³/mol. The minimum Gasteiger partial charge on any atom is -0.352 e. The fourth-order valence-corrected chi connectivity index (χ4v) is 6.20. The van der Waals surface area contributed by atoms with Crippen molar-refractivity contribution in [2.24, 2.45) is 17.8 Å². The number of aryl methyl sites for hydroxylation is 2. The molecule has 4 rings (SSSR count). The number of benzene rings is 1. The Bertz CT molecular complexity index is 915. The molecular weight excluding hydrogens is 396 g/mol. The van der Waals surface area contributed by atoms with E-state index in [0.29, 0.717) is 28.6 Å². The summed E-state index contributed by atoms with van der Waals surface area (Å²) in [5, 5.41) is 0. The molecule has 164 valence electrons. The Morgan fingerprint density at radius 3 is 2.17 bits per heavy atom. The highest BCUT2D eigenvalue weighted by atomic mass is 32.2. The standard InChI is InChI=1S/C25H34O4S/c1-17-13-23(24(14-18(17)2)30(3,26)27)20-9-11-21(12-10-20)25-28-15-22(16-29-25)19-7-5-4-6-8-19/h4-7,13-14,19-22,25H,8-12,15-16H2,1-3H3. The molecule has 0 aromatic heterocycles. The van der Waals surface area contributed by atoms with E-state index in [1.165, 1.54) is 6.26 Å². The molecule has 1 aromatic rings. The summed E-state index contributed by atoms with van der Waals surface area (Å²) in [5.74, 6) is 1.65. The van der Waals surface area contributed by atoms with Crippen molar-refractivity contribution in [2.45, 2.75) is 63.1 Å². The van der Waals surface area contributed by atoms with E-state index in [1.807, 2.05) is 13.0 Å². The molecule has 30 heavy (non-hydrogen) atoms. The van der Waals surface area contributed by atoms with Crippen molar-refractivity contribution in [1.29, 1.82) is 0 Å². The Morgan fingerprint density at radius 1 is 0.900 bits per heavy atom. The van der Waals surface area contributed by atoms with E-state index < -0.39 is 9.84 Å². The average molecular weight is 431 g/mol. The van der Waals surface area contributed by atoms with Crippen LogP contribution >= 0.6 is 0 Å². The fourth-order valence-electron chi connectivity index (χ4n) is 5.16. The molecule has 0 spiro atoms. The van der Waals surface area contributed by atoms with Gasteiger partial charge in [0.2, 0.25) is 0 Å². The van der Waals surface area contributed by atoms with Crippen LogP contribution in [0.4, 0.5) is 0 Å². The molecule has 1 heterocycles. The summed E-state index contributed by atoms with van der Waals surface area (Å²) in [6.45, 7) is 5.58. The van der Waals surface area contributed by atoms with Crippen LogP contribution in [0.3, 0.4) is 0 Å².